The van der Waals surface area contributed by atoms with Crippen LogP contribution in [0.25, 0.3) is 0 Å². The molecule has 0 saturated carbocycles. The van der Waals surface area contributed by atoms with E-state index in [1.54, 1.807) is 30.3 Å². The molecule has 3 N–H and O–H groups in total. The summed E-state index contributed by atoms with van der Waals surface area (Å²) in [5.41, 5.74) is 2.50. The highest BCUT2D eigenvalue weighted by Gasteiger charge is 2.23. The second-order valence-electron chi connectivity index (χ2n) is 7.38. The summed E-state index contributed by atoms with van der Waals surface area (Å²) >= 11 is 0. The predicted molar refractivity (Wildman–Crippen MR) is 138 cm³/mol. The van der Waals surface area contributed by atoms with Gasteiger partial charge < -0.3 is 15.5 Å². The van der Waals surface area contributed by atoms with Crippen molar-refractivity contribution in [3.63, 3.8) is 0 Å². The first-order chi connectivity index (χ1) is 14.5. The van der Waals surface area contributed by atoms with Gasteiger partial charge in [-0.05, 0) is 44.5 Å². The van der Waals surface area contributed by atoms with Gasteiger partial charge >= 0.3 is 0 Å². The molecule has 9 heteroatoms. The van der Waals surface area contributed by atoms with E-state index in [1.165, 1.54) is 11.3 Å². The van der Waals surface area contributed by atoms with Crippen molar-refractivity contribution in [2.75, 3.05) is 37.6 Å². The molecule has 170 valence electrons. The van der Waals surface area contributed by atoms with E-state index in [4.69, 9.17) is 0 Å². The van der Waals surface area contributed by atoms with Gasteiger partial charge in [0.15, 0.2) is 5.96 Å². The number of halogens is 1. The summed E-state index contributed by atoms with van der Waals surface area (Å²) in [7, 11) is -3.50. The van der Waals surface area contributed by atoms with E-state index >= 15 is 0 Å². The van der Waals surface area contributed by atoms with Crippen LogP contribution in [-0.4, -0.2) is 53.1 Å². The molecule has 1 unspecified atom stereocenters. The Bertz CT molecular complexity index is 936. The lowest BCUT2D eigenvalue weighted by Gasteiger charge is -2.20. The maximum absolute atomic E-state index is 12.3. The summed E-state index contributed by atoms with van der Waals surface area (Å²) in [6, 6.07) is 17.3. The Morgan fingerprint density at radius 1 is 1.13 bits per heavy atom. The molecule has 2 aromatic rings. The summed E-state index contributed by atoms with van der Waals surface area (Å²) in [4.78, 5) is 7.17. The highest BCUT2D eigenvalue weighted by Crippen LogP contribution is 2.20. The number of anilines is 1. The number of nitrogens with one attached hydrogen (secondary N) is 3. The van der Waals surface area contributed by atoms with Gasteiger partial charge in [-0.3, -0.25) is 4.99 Å². The smallest absolute Gasteiger partial charge is 0.240 e. The molecule has 3 rings (SSSR count). The summed E-state index contributed by atoms with van der Waals surface area (Å²) in [5, 5.41) is 6.72. The lowest BCUT2D eigenvalue weighted by atomic mass is 10.2. The number of aryl methyl sites for hydroxylation is 1. The summed E-state index contributed by atoms with van der Waals surface area (Å²) in [5.74, 6) is 0.715. The van der Waals surface area contributed by atoms with Gasteiger partial charge in [0.1, 0.15) is 0 Å². The van der Waals surface area contributed by atoms with Crippen molar-refractivity contribution in [3.05, 3.63) is 60.2 Å². The minimum absolute atomic E-state index is 0. The maximum atomic E-state index is 12.3. The molecule has 31 heavy (non-hydrogen) atoms. The van der Waals surface area contributed by atoms with Gasteiger partial charge in [-0.1, -0.05) is 35.9 Å². The Labute approximate surface area is 202 Å². The Hall–Kier alpha value is -1.85. The molecule has 0 bridgehead atoms. The zero-order valence-electron chi connectivity index (χ0n) is 18.0. The minimum Gasteiger partial charge on any atom is -0.369 e. The number of nitrogens with zero attached hydrogens (tertiary/aromatic N) is 2. The van der Waals surface area contributed by atoms with Crippen LogP contribution in [0.4, 0.5) is 5.69 Å². The zero-order valence-corrected chi connectivity index (χ0v) is 21.2. The maximum Gasteiger partial charge on any atom is 0.240 e. The Kier molecular flexibility index (Phi) is 10.0. The van der Waals surface area contributed by atoms with Gasteiger partial charge in [0, 0.05) is 37.9 Å². The van der Waals surface area contributed by atoms with Gasteiger partial charge in [0.05, 0.1) is 11.4 Å². The third-order valence-corrected chi connectivity index (χ3v) is 6.48. The average molecular weight is 558 g/mol. The number of rotatable bonds is 8. The topological polar surface area (TPSA) is 85.8 Å². The molecule has 1 heterocycles. The number of guanidine groups is 1. The number of hydrogen-bond acceptors (Lipinski definition) is 4. The molecule has 1 fully saturated rings. The van der Waals surface area contributed by atoms with Crippen LogP contribution in [0.2, 0.25) is 0 Å². The number of benzene rings is 2. The minimum atomic E-state index is -3.50. The van der Waals surface area contributed by atoms with Crippen molar-refractivity contribution >= 4 is 45.6 Å². The van der Waals surface area contributed by atoms with Gasteiger partial charge in [-0.2, -0.15) is 0 Å². The Balaban J connectivity index is 0.00000341. The van der Waals surface area contributed by atoms with E-state index < -0.39 is 10.0 Å². The molecule has 0 aliphatic carbocycles. The average Bonchev–Trinajstić information content (AvgIpc) is 3.21. The van der Waals surface area contributed by atoms with Crippen LogP contribution in [0.5, 0.6) is 0 Å². The molecule has 7 nitrogen and oxygen atoms in total. The fourth-order valence-corrected chi connectivity index (χ4v) is 4.45. The third kappa shape index (κ3) is 7.65. The highest BCUT2D eigenvalue weighted by molar-refractivity contribution is 14.0. The van der Waals surface area contributed by atoms with Crippen molar-refractivity contribution in [1.29, 1.82) is 0 Å². The van der Waals surface area contributed by atoms with E-state index in [0.717, 1.165) is 26.1 Å². The van der Waals surface area contributed by atoms with Crippen LogP contribution in [0, 0.1) is 6.92 Å². The van der Waals surface area contributed by atoms with Crippen LogP contribution in [0.3, 0.4) is 0 Å². The standard InChI is InChI=1S/C22H31N5O2S.HI/c1-3-23-22(24-14-15-25-30(28,29)21-7-5-4-6-8-21)26-19-13-16-27(17-19)20-11-9-18(2)10-12-20;/h4-12,19,25H,3,13-17H2,1-2H3,(H2,23,24,26);1H. The molecule has 0 amide bonds. The van der Waals surface area contributed by atoms with Crippen molar-refractivity contribution in [2.24, 2.45) is 4.99 Å². The predicted octanol–water partition coefficient (Wildman–Crippen LogP) is 2.73. The van der Waals surface area contributed by atoms with Crippen LogP contribution >= 0.6 is 24.0 Å². The monoisotopic (exact) mass is 557 g/mol. The summed E-state index contributed by atoms with van der Waals surface area (Å²) < 4.78 is 27.2. The molecule has 0 aromatic heterocycles. The quantitative estimate of drug-likeness (QED) is 0.201. The van der Waals surface area contributed by atoms with Crippen molar-refractivity contribution in [3.8, 4) is 0 Å². The van der Waals surface area contributed by atoms with Crippen molar-refractivity contribution in [1.82, 2.24) is 15.4 Å². The first-order valence-electron chi connectivity index (χ1n) is 10.4. The van der Waals surface area contributed by atoms with Crippen LogP contribution < -0.4 is 20.3 Å². The molecule has 1 atom stereocenters. The molecule has 1 aliphatic rings. The van der Waals surface area contributed by atoms with Crippen molar-refractivity contribution in [2.45, 2.75) is 31.2 Å². The fraction of sp³-hybridized carbons (Fsp3) is 0.409. The zero-order chi connectivity index (χ0) is 21.4. The second-order valence-corrected chi connectivity index (χ2v) is 9.15. The van der Waals surface area contributed by atoms with E-state index in [1.807, 2.05) is 6.92 Å². The first-order valence-corrected chi connectivity index (χ1v) is 11.9. The molecule has 0 spiro atoms. The highest BCUT2D eigenvalue weighted by atomic mass is 127. The van der Waals surface area contributed by atoms with Crippen LogP contribution in [-0.2, 0) is 10.0 Å². The fourth-order valence-electron chi connectivity index (χ4n) is 3.41. The lowest BCUT2D eigenvalue weighted by molar-refractivity contribution is 0.582. The summed E-state index contributed by atoms with van der Waals surface area (Å²) in [6.07, 6.45) is 1.03. The molecule has 1 saturated heterocycles. The van der Waals surface area contributed by atoms with Crippen LogP contribution in [0.1, 0.15) is 18.9 Å². The normalized spacial score (nSPS) is 16.6. The van der Waals surface area contributed by atoms with Crippen molar-refractivity contribution < 1.29 is 8.42 Å². The van der Waals surface area contributed by atoms with Gasteiger partial charge in [-0.25, -0.2) is 13.1 Å². The van der Waals surface area contributed by atoms with E-state index in [2.05, 4.69) is 56.4 Å². The molecule has 1 aliphatic heterocycles. The van der Waals surface area contributed by atoms with Gasteiger partial charge in [0.2, 0.25) is 10.0 Å². The third-order valence-electron chi connectivity index (χ3n) is 5.00. The largest absolute Gasteiger partial charge is 0.369 e. The Morgan fingerprint density at radius 3 is 2.52 bits per heavy atom. The number of aliphatic imine (C=N–C) groups is 1. The van der Waals surface area contributed by atoms with Crippen LogP contribution in [0.15, 0.2) is 64.5 Å². The molecule has 0 radical (unpaired) electrons. The number of sulfonamides is 1. The van der Waals surface area contributed by atoms with Gasteiger partial charge in [0.25, 0.3) is 0 Å². The summed E-state index contributed by atoms with van der Waals surface area (Å²) in [6.45, 7) is 7.37. The molecular formula is C22H32IN5O2S. The second kappa shape index (κ2) is 12.3. The lowest BCUT2D eigenvalue weighted by Crippen LogP contribution is -2.45. The Morgan fingerprint density at radius 2 is 1.84 bits per heavy atom. The molecular weight excluding hydrogens is 525 g/mol. The van der Waals surface area contributed by atoms with E-state index in [-0.39, 0.29) is 35.4 Å². The van der Waals surface area contributed by atoms with Gasteiger partial charge in [-0.15, -0.1) is 24.0 Å². The SMILES string of the molecule is CCNC(=NCCNS(=O)(=O)c1ccccc1)NC1CCN(c2ccc(C)cc2)C1.I. The number of hydrogen-bond donors (Lipinski definition) is 3. The molecule has 2 aromatic carbocycles. The first kappa shape index (κ1) is 25.4. The van der Waals surface area contributed by atoms with E-state index in [9.17, 15) is 8.42 Å². The van der Waals surface area contributed by atoms with E-state index in [0.29, 0.717) is 18.5 Å².